The highest BCUT2D eigenvalue weighted by atomic mass is 32.2. The zero-order valence-electron chi connectivity index (χ0n) is 30.7. The van der Waals surface area contributed by atoms with Crippen LogP contribution >= 0.6 is 0 Å². The highest BCUT2D eigenvalue weighted by Gasteiger charge is 2.46. The number of rotatable bonds is 12. The van der Waals surface area contributed by atoms with E-state index in [-0.39, 0.29) is 24.4 Å². The number of aliphatic hydroxyl groups excluding tert-OH is 1. The number of amides is 3. The first-order valence-electron chi connectivity index (χ1n) is 17.7. The van der Waals surface area contributed by atoms with E-state index in [2.05, 4.69) is 20.9 Å². The average Bonchev–Trinajstić information content (AvgIpc) is 3.05. The zero-order valence-corrected chi connectivity index (χ0v) is 31.5. The number of alkyl halides is 3. The number of pyridine rings is 1. The Morgan fingerprint density at radius 2 is 1.60 bits per heavy atom. The van der Waals surface area contributed by atoms with Gasteiger partial charge in [-0.15, -0.1) is 0 Å². The first kappa shape index (κ1) is 41.2. The topological polar surface area (TPSA) is 158 Å². The van der Waals surface area contributed by atoms with Crippen LogP contribution in [0, 0.1) is 11.8 Å². The van der Waals surface area contributed by atoms with Crippen molar-refractivity contribution in [1.29, 1.82) is 0 Å². The standard InChI is InChI=1S/C37H52F3N5O6S/c1-35(2,3)44-33(48)28-19-24-14-10-11-15-26(24)21-45(28)22-29(46)27(18-23-12-8-7-9-13-23)42-34(49)31(36(4,5)52(6,50)51)43-32(47)25-16-17-30(41-20-25)37(38,39)40/h7-9,12-13,16-17,20,24,26-29,31,46H,10-11,14-15,18-19,21-22H2,1-6H3,(H,42,49)(H,43,47)(H,44,48)/t24?,26?,27-,28-,29+,31+/m0/s1. The fraction of sp³-hybridized carbons (Fsp3) is 0.622. The number of halogens is 3. The Morgan fingerprint density at radius 3 is 2.15 bits per heavy atom. The molecule has 0 bridgehead atoms. The molecule has 1 saturated carbocycles. The Kier molecular flexibility index (Phi) is 12.8. The maximum atomic E-state index is 14.2. The number of nitrogens with zero attached hydrogens (tertiary/aromatic N) is 2. The van der Waals surface area contributed by atoms with Crippen molar-refractivity contribution in [1.82, 2.24) is 25.8 Å². The number of nitrogens with one attached hydrogen (secondary N) is 3. The lowest BCUT2D eigenvalue weighted by Crippen LogP contribution is -2.64. The smallest absolute Gasteiger partial charge is 0.390 e. The summed E-state index contributed by atoms with van der Waals surface area (Å²) in [5, 5.41) is 20.2. The molecule has 1 aromatic carbocycles. The highest BCUT2D eigenvalue weighted by molar-refractivity contribution is 7.92. The number of benzene rings is 1. The van der Waals surface area contributed by atoms with Gasteiger partial charge in [0, 0.05) is 31.1 Å². The lowest BCUT2D eigenvalue weighted by molar-refractivity contribution is -0.141. The Bertz CT molecular complexity index is 1670. The van der Waals surface area contributed by atoms with Crippen molar-refractivity contribution in [2.24, 2.45) is 11.8 Å². The molecular formula is C37H52F3N5O6S. The molecule has 15 heteroatoms. The second-order valence-electron chi connectivity index (χ2n) is 15.8. The fourth-order valence-electron chi connectivity index (χ4n) is 7.09. The van der Waals surface area contributed by atoms with Crippen LogP contribution in [-0.4, -0.2) is 95.0 Å². The number of β-amino-alcohol motifs (C(OH)–C–C–N with tert-alkyl or cyclic N) is 1. The number of aromatic nitrogens is 1. The van der Waals surface area contributed by atoms with Crippen LogP contribution < -0.4 is 16.0 Å². The Labute approximate surface area is 304 Å². The minimum Gasteiger partial charge on any atom is -0.390 e. The molecule has 2 aromatic rings. The van der Waals surface area contributed by atoms with Gasteiger partial charge >= 0.3 is 6.18 Å². The third-order valence-corrected chi connectivity index (χ3v) is 12.5. The van der Waals surface area contributed by atoms with Gasteiger partial charge in [0.2, 0.25) is 11.8 Å². The van der Waals surface area contributed by atoms with Gasteiger partial charge in [-0.05, 0) is 83.4 Å². The molecule has 0 radical (unpaired) electrons. The molecule has 0 spiro atoms. The maximum absolute atomic E-state index is 14.2. The molecule has 6 atom stereocenters. The average molecular weight is 752 g/mol. The summed E-state index contributed by atoms with van der Waals surface area (Å²) < 4.78 is 63.4. The van der Waals surface area contributed by atoms with Gasteiger partial charge < -0.3 is 21.1 Å². The van der Waals surface area contributed by atoms with Gasteiger partial charge in [0.1, 0.15) is 11.7 Å². The molecule has 2 heterocycles. The molecule has 1 aliphatic carbocycles. The highest BCUT2D eigenvalue weighted by Crippen LogP contribution is 2.39. The summed E-state index contributed by atoms with van der Waals surface area (Å²) >= 11 is 0. The number of likely N-dealkylation sites (tertiary alicyclic amines) is 1. The van der Waals surface area contributed by atoms with E-state index in [4.69, 9.17) is 0 Å². The Morgan fingerprint density at radius 1 is 0.962 bits per heavy atom. The van der Waals surface area contributed by atoms with Crippen LogP contribution in [-0.2, 0) is 32.0 Å². The predicted octanol–water partition coefficient (Wildman–Crippen LogP) is 3.91. The van der Waals surface area contributed by atoms with Gasteiger partial charge in [-0.1, -0.05) is 49.6 Å². The second-order valence-corrected chi connectivity index (χ2v) is 18.4. The van der Waals surface area contributed by atoms with Crippen LogP contribution in [0.2, 0.25) is 0 Å². The molecule has 1 aromatic heterocycles. The van der Waals surface area contributed by atoms with Gasteiger partial charge in [-0.2, -0.15) is 13.2 Å². The normalized spacial score (nSPS) is 22.0. The minimum absolute atomic E-state index is 0.0347. The molecule has 288 valence electrons. The van der Waals surface area contributed by atoms with Crippen LogP contribution in [0.5, 0.6) is 0 Å². The minimum atomic E-state index is -4.74. The molecule has 2 aliphatic rings. The van der Waals surface area contributed by atoms with E-state index in [1.54, 1.807) is 12.1 Å². The van der Waals surface area contributed by atoms with Crippen LogP contribution in [0.15, 0.2) is 48.7 Å². The lowest BCUT2D eigenvalue weighted by atomic mass is 9.72. The number of aliphatic hydroxyl groups is 1. The van der Waals surface area contributed by atoms with Crippen molar-refractivity contribution < 1.29 is 41.1 Å². The van der Waals surface area contributed by atoms with Crippen LogP contribution in [0.1, 0.15) is 88.3 Å². The summed E-state index contributed by atoms with van der Waals surface area (Å²) in [5.74, 6) is -1.32. The molecule has 52 heavy (non-hydrogen) atoms. The van der Waals surface area contributed by atoms with E-state index in [0.29, 0.717) is 37.1 Å². The maximum Gasteiger partial charge on any atom is 0.433 e. The monoisotopic (exact) mass is 751 g/mol. The van der Waals surface area contributed by atoms with E-state index in [9.17, 15) is 41.1 Å². The predicted molar refractivity (Wildman–Crippen MR) is 191 cm³/mol. The molecule has 2 fully saturated rings. The third-order valence-electron chi connectivity index (χ3n) is 10.3. The largest absolute Gasteiger partial charge is 0.433 e. The third kappa shape index (κ3) is 10.5. The molecule has 11 nitrogen and oxygen atoms in total. The van der Waals surface area contributed by atoms with E-state index in [1.165, 1.54) is 13.8 Å². The zero-order chi connectivity index (χ0) is 38.6. The molecular weight excluding hydrogens is 699 g/mol. The second kappa shape index (κ2) is 16.2. The van der Waals surface area contributed by atoms with Crippen LogP contribution in [0.3, 0.4) is 0 Å². The fourth-order valence-corrected chi connectivity index (χ4v) is 7.69. The molecule has 1 saturated heterocycles. The molecule has 3 amide bonds. The van der Waals surface area contributed by atoms with E-state index < -0.39 is 68.0 Å². The Balaban J connectivity index is 1.63. The summed E-state index contributed by atoms with van der Waals surface area (Å²) in [5.41, 5.74) is -1.25. The number of hydrogen-bond donors (Lipinski definition) is 4. The summed E-state index contributed by atoms with van der Waals surface area (Å²) in [6, 6.07) is 7.32. The van der Waals surface area contributed by atoms with Crippen molar-refractivity contribution in [2.45, 2.75) is 114 Å². The molecule has 2 unspecified atom stereocenters. The van der Waals surface area contributed by atoms with Crippen molar-refractivity contribution >= 4 is 27.6 Å². The SMILES string of the molecule is CC(C)(C)NC(=O)[C@@H]1CC2CCCCC2CN1C[C@@H](O)[C@H](Cc1ccccc1)NC(=O)[C@@H](NC(=O)c1ccc(C(F)(F)F)nc1)C(C)(C)S(C)(=O)=O. The van der Waals surface area contributed by atoms with Gasteiger partial charge in [0.25, 0.3) is 5.91 Å². The van der Waals surface area contributed by atoms with Gasteiger partial charge in [0.15, 0.2) is 9.84 Å². The number of hydrogen-bond acceptors (Lipinski definition) is 8. The van der Waals surface area contributed by atoms with Crippen LogP contribution in [0.25, 0.3) is 0 Å². The summed E-state index contributed by atoms with van der Waals surface area (Å²) in [6.07, 6.45) is 0.675. The molecule has 1 aliphatic heterocycles. The number of sulfone groups is 1. The Hall–Kier alpha value is -3.56. The first-order valence-corrected chi connectivity index (χ1v) is 19.6. The first-order chi connectivity index (χ1) is 24.1. The van der Waals surface area contributed by atoms with Crippen molar-refractivity contribution in [2.75, 3.05) is 19.3 Å². The number of fused-ring (bicyclic) bond motifs is 1. The van der Waals surface area contributed by atoms with Crippen LogP contribution in [0.4, 0.5) is 13.2 Å². The van der Waals surface area contributed by atoms with Crippen molar-refractivity contribution in [3.63, 3.8) is 0 Å². The van der Waals surface area contributed by atoms with Crippen molar-refractivity contribution in [3.05, 3.63) is 65.5 Å². The van der Waals surface area contributed by atoms with E-state index in [1.807, 2.05) is 43.9 Å². The van der Waals surface area contributed by atoms with Gasteiger partial charge in [0.05, 0.1) is 28.5 Å². The molecule has 4 N–H and O–H groups in total. The number of carbonyl (C=O) groups is 3. The number of piperidine rings is 1. The molecule has 4 rings (SSSR count). The quantitative estimate of drug-likeness (QED) is 0.255. The summed E-state index contributed by atoms with van der Waals surface area (Å²) in [7, 11) is -4.04. The van der Waals surface area contributed by atoms with Crippen molar-refractivity contribution in [3.8, 4) is 0 Å². The van der Waals surface area contributed by atoms with Gasteiger partial charge in [-0.25, -0.2) is 8.42 Å². The van der Waals surface area contributed by atoms with E-state index in [0.717, 1.165) is 43.6 Å². The lowest BCUT2D eigenvalue weighted by Gasteiger charge is -2.47. The number of carbonyl (C=O) groups excluding carboxylic acids is 3. The van der Waals surface area contributed by atoms with Gasteiger partial charge in [-0.3, -0.25) is 24.3 Å². The summed E-state index contributed by atoms with van der Waals surface area (Å²) in [4.78, 5) is 46.4. The van der Waals surface area contributed by atoms with E-state index >= 15 is 0 Å². The summed E-state index contributed by atoms with van der Waals surface area (Å²) in [6.45, 7) is 8.86.